The van der Waals surface area contributed by atoms with Gasteiger partial charge in [0.25, 0.3) is 0 Å². The van der Waals surface area contributed by atoms with E-state index in [1.165, 1.54) is 11.1 Å². The van der Waals surface area contributed by atoms with Gasteiger partial charge in [0.15, 0.2) is 0 Å². The fourth-order valence-electron chi connectivity index (χ4n) is 0.948. The highest BCUT2D eigenvalue weighted by Crippen LogP contribution is 2.07. The molecular weight excluding hydrogens is 182 g/mol. The average molecular weight is 207 g/mol. The molecule has 1 heteroatoms. The van der Waals surface area contributed by atoms with E-state index in [1.807, 2.05) is 53.8 Å². The lowest BCUT2D eigenvalue weighted by Crippen LogP contribution is -1.86. The van der Waals surface area contributed by atoms with E-state index < -0.39 is 0 Å². The highest BCUT2D eigenvalue weighted by Gasteiger charge is 1.92. The van der Waals surface area contributed by atoms with Gasteiger partial charge in [-0.05, 0) is 38.0 Å². The molecule has 0 aliphatic carbocycles. The minimum atomic E-state index is 1.11. The zero-order chi connectivity index (χ0) is 12.3. The summed E-state index contributed by atoms with van der Waals surface area (Å²) in [6.45, 7) is 14.1. The Morgan fingerprint density at radius 2 is 1.60 bits per heavy atom. The molecule has 0 N–H and O–H groups in total. The Labute approximate surface area is 95.3 Å². The molecule has 0 amide bonds. The molecule has 1 nitrogen and oxygen atoms in total. The van der Waals surface area contributed by atoms with Gasteiger partial charge in [0, 0.05) is 11.9 Å². The van der Waals surface area contributed by atoms with Crippen molar-refractivity contribution < 1.29 is 0 Å². The van der Waals surface area contributed by atoms with Gasteiger partial charge in [-0.2, -0.15) is 0 Å². The molecule has 1 aromatic rings. The molecule has 0 saturated heterocycles. The molecule has 0 unspecified atom stereocenters. The molecule has 0 bridgehead atoms. The largest absolute Gasteiger partial charge is 0.261 e. The Kier molecular flexibility index (Phi) is 11.9. The van der Waals surface area contributed by atoms with Crippen LogP contribution in [-0.4, -0.2) is 4.98 Å². The van der Waals surface area contributed by atoms with Crippen molar-refractivity contribution in [2.75, 3.05) is 0 Å². The third-order valence-corrected chi connectivity index (χ3v) is 1.72. The van der Waals surface area contributed by atoms with Crippen molar-refractivity contribution in [3.05, 3.63) is 35.2 Å². The van der Waals surface area contributed by atoms with Crippen LogP contribution in [0.4, 0.5) is 0 Å². The second kappa shape index (κ2) is 11.0. The van der Waals surface area contributed by atoms with Gasteiger partial charge >= 0.3 is 0 Å². The van der Waals surface area contributed by atoms with E-state index in [0.29, 0.717) is 0 Å². The van der Waals surface area contributed by atoms with Crippen LogP contribution in [0.25, 0.3) is 6.08 Å². The SMILES string of the molecule is C/C=C/c1cnc(C)c(C)c1.CC.CC. The minimum Gasteiger partial charge on any atom is -0.261 e. The Morgan fingerprint density at radius 3 is 2.00 bits per heavy atom. The number of nitrogens with zero attached hydrogens (tertiary/aromatic N) is 1. The van der Waals surface area contributed by atoms with Crippen molar-refractivity contribution in [1.82, 2.24) is 4.98 Å². The van der Waals surface area contributed by atoms with Crippen molar-refractivity contribution in [3.63, 3.8) is 0 Å². The number of allylic oxidation sites excluding steroid dienone is 1. The molecule has 0 radical (unpaired) electrons. The first-order valence-electron chi connectivity index (χ1n) is 5.80. The van der Waals surface area contributed by atoms with Gasteiger partial charge in [0.2, 0.25) is 0 Å². The molecule has 0 saturated carbocycles. The summed E-state index contributed by atoms with van der Waals surface area (Å²) in [7, 11) is 0. The molecule has 15 heavy (non-hydrogen) atoms. The van der Waals surface area contributed by atoms with Crippen LogP contribution < -0.4 is 0 Å². The van der Waals surface area contributed by atoms with E-state index in [9.17, 15) is 0 Å². The Hall–Kier alpha value is -1.11. The predicted molar refractivity (Wildman–Crippen MR) is 71.1 cm³/mol. The monoisotopic (exact) mass is 207 g/mol. The molecule has 0 aliphatic heterocycles. The van der Waals surface area contributed by atoms with E-state index in [2.05, 4.69) is 24.1 Å². The van der Waals surface area contributed by atoms with Crippen LogP contribution in [0.1, 0.15) is 51.4 Å². The van der Waals surface area contributed by atoms with Gasteiger partial charge in [-0.15, -0.1) is 0 Å². The van der Waals surface area contributed by atoms with Gasteiger partial charge in [-0.1, -0.05) is 39.8 Å². The quantitative estimate of drug-likeness (QED) is 0.645. The highest BCUT2D eigenvalue weighted by molar-refractivity contribution is 5.48. The van der Waals surface area contributed by atoms with Crippen molar-refractivity contribution in [1.29, 1.82) is 0 Å². The molecule has 0 spiro atoms. The van der Waals surface area contributed by atoms with Crippen LogP contribution in [0.3, 0.4) is 0 Å². The number of hydrogen-bond donors (Lipinski definition) is 0. The number of aryl methyl sites for hydroxylation is 2. The highest BCUT2D eigenvalue weighted by atomic mass is 14.7. The van der Waals surface area contributed by atoms with Gasteiger partial charge < -0.3 is 0 Å². The van der Waals surface area contributed by atoms with E-state index >= 15 is 0 Å². The number of pyridine rings is 1. The van der Waals surface area contributed by atoms with Crippen LogP contribution in [0.15, 0.2) is 18.3 Å². The number of hydrogen-bond acceptors (Lipinski definition) is 1. The lowest BCUT2D eigenvalue weighted by molar-refractivity contribution is 1.14. The van der Waals surface area contributed by atoms with Crippen molar-refractivity contribution >= 4 is 6.08 Å². The summed E-state index contributed by atoms with van der Waals surface area (Å²) < 4.78 is 0. The van der Waals surface area contributed by atoms with Crippen LogP contribution in [0.5, 0.6) is 0 Å². The van der Waals surface area contributed by atoms with Gasteiger partial charge in [0.05, 0.1) is 0 Å². The fourth-order valence-corrected chi connectivity index (χ4v) is 0.948. The molecule has 0 atom stereocenters. The summed E-state index contributed by atoms with van der Waals surface area (Å²) in [6, 6.07) is 2.14. The fraction of sp³-hybridized carbons (Fsp3) is 0.500. The predicted octanol–water partition coefficient (Wildman–Crippen LogP) is 4.78. The Balaban J connectivity index is 0. The topological polar surface area (TPSA) is 12.9 Å². The van der Waals surface area contributed by atoms with E-state index in [-0.39, 0.29) is 0 Å². The second-order valence-corrected chi connectivity index (χ2v) is 2.67. The third kappa shape index (κ3) is 6.89. The zero-order valence-corrected chi connectivity index (χ0v) is 11.3. The van der Waals surface area contributed by atoms with Gasteiger partial charge in [0.1, 0.15) is 0 Å². The van der Waals surface area contributed by atoms with Crippen LogP contribution >= 0.6 is 0 Å². The summed E-state index contributed by atoms with van der Waals surface area (Å²) >= 11 is 0. The molecule has 0 aromatic carbocycles. The molecular formula is C14H25N. The molecule has 0 aliphatic rings. The molecule has 1 heterocycles. The van der Waals surface area contributed by atoms with Crippen LogP contribution in [0.2, 0.25) is 0 Å². The Bertz CT molecular complexity index is 275. The number of aromatic nitrogens is 1. The third-order valence-electron chi connectivity index (χ3n) is 1.72. The first-order valence-corrected chi connectivity index (χ1v) is 5.80. The van der Waals surface area contributed by atoms with E-state index in [1.54, 1.807) is 0 Å². The minimum absolute atomic E-state index is 1.11. The summed E-state index contributed by atoms with van der Waals surface area (Å²) in [5.74, 6) is 0. The first-order chi connectivity index (χ1) is 7.24. The summed E-state index contributed by atoms with van der Waals surface area (Å²) in [5, 5.41) is 0. The van der Waals surface area contributed by atoms with Gasteiger partial charge in [-0.3, -0.25) is 4.98 Å². The standard InChI is InChI=1S/C10H13N.2C2H6/c1-4-5-10-6-8(2)9(3)11-7-10;2*1-2/h4-7H,1-3H3;2*1-2H3/b5-4+;;. The van der Waals surface area contributed by atoms with Crippen molar-refractivity contribution in [3.8, 4) is 0 Å². The second-order valence-electron chi connectivity index (χ2n) is 2.67. The molecule has 1 aromatic heterocycles. The maximum atomic E-state index is 4.25. The first kappa shape index (κ1) is 16.3. The van der Waals surface area contributed by atoms with E-state index in [4.69, 9.17) is 0 Å². The molecule has 86 valence electrons. The normalized spacial score (nSPS) is 8.73. The summed E-state index contributed by atoms with van der Waals surface area (Å²) in [6.07, 6.45) is 5.97. The maximum Gasteiger partial charge on any atom is 0.0402 e. The number of rotatable bonds is 1. The lowest BCUT2D eigenvalue weighted by atomic mass is 10.1. The van der Waals surface area contributed by atoms with Crippen LogP contribution in [0, 0.1) is 13.8 Å². The smallest absolute Gasteiger partial charge is 0.0402 e. The molecule has 1 rings (SSSR count). The summed E-state index contributed by atoms with van der Waals surface area (Å²) in [4.78, 5) is 4.25. The van der Waals surface area contributed by atoms with Crippen molar-refractivity contribution in [2.24, 2.45) is 0 Å². The average Bonchev–Trinajstić information content (AvgIpc) is 2.30. The van der Waals surface area contributed by atoms with Crippen molar-refractivity contribution in [2.45, 2.75) is 48.5 Å². The van der Waals surface area contributed by atoms with E-state index in [0.717, 1.165) is 5.69 Å². The maximum absolute atomic E-state index is 4.25. The molecule has 0 fully saturated rings. The van der Waals surface area contributed by atoms with Crippen LogP contribution in [-0.2, 0) is 0 Å². The van der Waals surface area contributed by atoms with Gasteiger partial charge in [-0.25, -0.2) is 0 Å². The lowest BCUT2D eigenvalue weighted by Gasteiger charge is -1.98. The zero-order valence-electron chi connectivity index (χ0n) is 11.3. The summed E-state index contributed by atoms with van der Waals surface area (Å²) in [5.41, 5.74) is 3.54. The Morgan fingerprint density at radius 1 is 1.07 bits per heavy atom.